The van der Waals surface area contributed by atoms with Gasteiger partial charge in [0.25, 0.3) is 11.2 Å². The van der Waals surface area contributed by atoms with Crippen molar-refractivity contribution in [1.29, 1.82) is 0 Å². The summed E-state index contributed by atoms with van der Waals surface area (Å²) in [6.07, 6.45) is 2.92. The second kappa shape index (κ2) is 6.14. The zero-order valence-corrected chi connectivity index (χ0v) is 11.3. The van der Waals surface area contributed by atoms with E-state index < -0.39 is 4.92 Å². The quantitative estimate of drug-likeness (QED) is 0.621. The van der Waals surface area contributed by atoms with Gasteiger partial charge in [-0.3, -0.25) is 14.9 Å². The van der Waals surface area contributed by atoms with E-state index in [0.717, 1.165) is 12.8 Å². The Hall–Kier alpha value is -2.43. The van der Waals surface area contributed by atoms with Crippen molar-refractivity contribution in [3.05, 3.63) is 74.2 Å². The minimum atomic E-state index is -0.489. The lowest BCUT2D eigenvalue weighted by Crippen LogP contribution is -2.19. The van der Waals surface area contributed by atoms with Crippen LogP contribution in [0.2, 0.25) is 0 Å². The summed E-state index contributed by atoms with van der Waals surface area (Å²) >= 11 is 0. The number of nitro groups is 1. The standard InChI is InChI=1S/C15H16N2O3/c1-12-5-2-3-6-13(12)7-4-10-16-11-14(17(19)20)8-9-15(16)18/h2-3,5-6,8-9,11H,4,7,10H2,1H3. The Balaban J connectivity index is 2.04. The van der Waals surface area contributed by atoms with Crippen LogP contribution in [0.4, 0.5) is 5.69 Å². The Morgan fingerprint density at radius 2 is 1.95 bits per heavy atom. The van der Waals surface area contributed by atoms with Gasteiger partial charge in [0.05, 0.1) is 11.1 Å². The maximum Gasteiger partial charge on any atom is 0.285 e. The molecule has 0 N–H and O–H groups in total. The van der Waals surface area contributed by atoms with Gasteiger partial charge < -0.3 is 4.57 Å². The molecule has 104 valence electrons. The molecule has 1 heterocycles. The molecule has 5 nitrogen and oxygen atoms in total. The van der Waals surface area contributed by atoms with Crippen LogP contribution in [-0.4, -0.2) is 9.49 Å². The van der Waals surface area contributed by atoms with Crippen molar-refractivity contribution < 1.29 is 4.92 Å². The third-order valence-electron chi connectivity index (χ3n) is 3.29. The van der Waals surface area contributed by atoms with Crippen molar-refractivity contribution in [2.45, 2.75) is 26.3 Å². The highest BCUT2D eigenvalue weighted by molar-refractivity contribution is 5.26. The molecule has 0 bridgehead atoms. The number of aryl methyl sites for hydroxylation is 3. The SMILES string of the molecule is Cc1ccccc1CCCn1cc([N+](=O)[O-])ccc1=O. The molecule has 0 saturated carbocycles. The molecule has 0 unspecified atom stereocenters. The van der Waals surface area contributed by atoms with E-state index in [9.17, 15) is 14.9 Å². The number of hydrogen-bond acceptors (Lipinski definition) is 3. The first-order valence-corrected chi connectivity index (χ1v) is 6.47. The monoisotopic (exact) mass is 272 g/mol. The number of hydrogen-bond donors (Lipinski definition) is 0. The van der Waals surface area contributed by atoms with Crippen LogP contribution < -0.4 is 5.56 Å². The Morgan fingerprint density at radius 1 is 1.20 bits per heavy atom. The largest absolute Gasteiger partial charge is 0.309 e. The molecule has 2 aromatic rings. The van der Waals surface area contributed by atoms with Gasteiger partial charge in [-0.05, 0) is 30.9 Å². The summed E-state index contributed by atoms with van der Waals surface area (Å²) < 4.78 is 1.40. The molecular weight excluding hydrogens is 256 g/mol. The van der Waals surface area contributed by atoms with E-state index in [1.165, 1.54) is 34.0 Å². The predicted molar refractivity (Wildman–Crippen MR) is 76.9 cm³/mol. The van der Waals surface area contributed by atoms with Gasteiger partial charge in [-0.15, -0.1) is 0 Å². The molecule has 1 aromatic carbocycles. The van der Waals surface area contributed by atoms with Crippen LogP contribution in [0.15, 0.2) is 47.4 Å². The molecule has 2 rings (SSSR count). The Labute approximate surface area is 116 Å². The van der Waals surface area contributed by atoms with E-state index in [4.69, 9.17) is 0 Å². The fourth-order valence-corrected chi connectivity index (χ4v) is 2.13. The van der Waals surface area contributed by atoms with E-state index >= 15 is 0 Å². The van der Waals surface area contributed by atoms with Crippen molar-refractivity contribution in [3.63, 3.8) is 0 Å². The van der Waals surface area contributed by atoms with E-state index in [0.29, 0.717) is 6.54 Å². The molecule has 0 atom stereocenters. The molecule has 20 heavy (non-hydrogen) atoms. The second-order valence-electron chi connectivity index (χ2n) is 4.71. The second-order valence-corrected chi connectivity index (χ2v) is 4.71. The number of pyridine rings is 1. The van der Waals surface area contributed by atoms with E-state index in [-0.39, 0.29) is 11.2 Å². The average Bonchev–Trinajstić information content (AvgIpc) is 2.42. The average molecular weight is 272 g/mol. The van der Waals surface area contributed by atoms with E-state index in [2.05, 4.69) is 19.1 Å². The molecule has 0 fully saturated rings. The first kappa shape index (κ1) is 14.0. The number of aromatic nitrogens is 1. The van der Waals surface area contributed by atoms with Crippen molar-refractivity contribution in [2.75, 3.05) is 0 Å². The lowest BCUT2D eigenvalue weighted by molar-refractivity contribution is -0.385. The van der Waals surface area contributed by atoms with Gasteiger partial charge >= 0.3 is 0 Å². The van der Waals surface area contributed by atoms with Crippen molar-refractivity contribution in [2.24, 2.45) is 0 Å². The number of nitrogens with zero attached hydrogens (tertiary/aromatic N) is 2. The van der Waals surface area contributed by atoms with Gasteiger partial charge in [-0.2, -0.15) is 0 Å². The molecule has 0 spiro atoms. The fraction of sp³-hybridized carbons (Fsp3) is 0.267. The highest BCUT2D eigenvalue weighted by Gasteiger charge is 2.07. The zero-order valence-electron chi connectivity index (χ0n) is 11.3. The molecular formula is C15H16N2O3. The molecule has 0 aliphatic carbocycles. The fourth-order valence-electron chi connectivity index (χ4n) is 2.13. The van der Waals surface area contributed by atoms with Crippen LogP contribution in [0, 0.1) is 17.0 Å². The Kier molecular flexibility index (Phi) is 4.30. The lowest BCUT2D eigenvalue weighted by Gasteiger charge is -2.07. The first-order chi connectivity index (χ1) is 9.58. The highest BCUT2D eigenvalue weighted by atomic mass is 16.6. The molecule has 0 aliphatic heterocycles. The molecule has 0 radical (unpaired) electrons. The summed E-state index contributed by atoms with van der Waals surface area (Å²) in [4.78, 5) is 21.8. The van der Waals surface area contributed by atoms with Crippen molar-refractivity contribution in [1.82, 2.24) is 4.57 Å². The molecule has 0 saturated heterocycles. The van der Waals surface area contributed by atoms with Gasteiger partial charge in [0.1, 0.15) is 0 Å². The Bertz CT molecular complexity index is 677. The molecule has 5 heteroatoms. The lowest BCUT2D eigenvalue weighted by atomic mass is 10.0. The third kappa shape index (κ3) is 3.32. The van der Waals surface area contributed by atoms with Gasteiger partial charge in [0, 0.05) is 18.7 Å². The van der Waals surface area contributed by atoms with Crippen molar-refractivity contribution in [3.8, 4) is 0 Å². The van der Waals surface area contributed by atoms with Gasteiger partial charge in [0.2, 0.25) is 0 Å². The van der Waals surface area contributed by atoms with Gasteiger partial charge in [-0.25, -0.2) is 0 Å². The van der Waals surface area contributed by atoms with Gasteiger partial charge in [0.15, 0.2) is 0 Å². The summed E-state index contributed by atoms with van der Waals surface area (Å²) in [5.74, 6) is 0. The summed E-state index contributed by atoms with van der Waals surface area (Å²) in [6, 6.07) is 10.6. The maximum atomic E-state index is 11.6. The number of rotatable bonds is 5. The van der Waals surface area contributed by atoms with Crippen LogP contribution in [-0.2, 0) is 13.0 Å². The predicted octanol–water partition coefficient (Wildman–Crippen LogP) is 2.70. The van der Waals surface area contributed by atoms with Crippen LogP contribution in [0.5, 0.6) is 0 Å². The summed E-state index contributed by atoms with van der Waals surface area (Å²) in [7, 11) is 0. The third-order valence-corrected chi connectivity index (χ3v) is 3.29. The Morgan fingerprint density at radius 3 is 2.65 bits per heavy atom. The number of benzene rings is 1. The smallest absolute Gasteiger partial charge is 0.285 e. The van der Waals surface area contributed by atoms with Crippen LogP contribution in [0.3, 0.4) is 0 Å². The first-order valence-electron chi connectivity index (χ1n) is 6.47. The van der Waals surface area contributed by atoms with Gasteiger partial charge in [-0.1, -0.05) is 24.3 Å². The normalized spacial score (nSPS) is 10.4. The summed E-state index contributed by atoms with van der Waals surface area (Å²) in [6.45, 7) is 2.53. The molecule has 0 amide bonds. The summed E-state index contributed by atoms with van der Waals surface area (Å²) in [5, 5.41) is 10.7. The van der Waals surface area contributed by atoms with Crippen LogP contribution in [0.25, 0.3) is 0 Å². The van der Waals surface area contributed by atoms with E-state index in [1.54, 1.807) is 0 Å². The summed E-state index contributed by atoms with van der Waals surface area (Å²) in [5.41, 5.74) is 2.20. The van der Waals surface area contributed by atoms with E-state index in [1.807, 2.05) is 12.1 Å². The highest BCUT2D eigenvalue weighted by Crippen LogP contribution is 2.11. The van der Waals surface area contributed by atoms with Crippen LogP contribution in [0.1, 0.15) is 17.5 Å². The molecule has 0 aliphatic rings. The minimum Gasteiger partial charge on any atom is -0.309 e. The molecule has 1 aromatic heterocycles. The van der Waals surface area contributed by atoms with Crippen molar-refractivity contribution >= 4 is 5.69 Å². The zero-order chi connectivity index (χ0) is 14.5. The van der Waals surface area contributed by atoms with Crippen LogP contribution >= 0.6 is 0 Å². The minimum absolute atomic E-state index is 0.0551. The maximum absolute atomic E-state index is 11.6. The topological polar surface area (TPSA) is 65.1 Å².